The van der Waals surface area contributed by atoms with Crippen molar-refractivity contribution in [2.24, 2.45) is 0 Å². The molecule has 0 fully saturated rings. The maximum atomic E-state index is 12.3. The lowest BCUT2D eigenvalue weighted by Crippen LogP contribution is -2.08. The van der Waals surface area contributed by atoms with Gasteiger partial charge in [-0.15, -0.1) is 0 Å². The minimum absolute atomic E-state index is 0.341. The standard InChI is InChI=1S/C28H36O6/c1-3-27(29)33-22-12-10-8-6-4-5-7-9-11-21-32-25-15-13-23(14-16-25)28(30)34-26-19-17-24(31-2)18-20-26/h3,13-20H,1,4-12,21-22H2,2H3. The molecule has 0 heterocycles. The average molecular weight is 469 g/mol. The summed E-state index contributed by atoms with van der Waals surface area (Å²) < 4.78 is 21.2. The second-order valence-corrected chi connectivity index (χ2v) is 7.99. The van der Waals surface area contributed by atoms with Crippen LogP contribution in [0.15, 0.2) is 61.2 Å². The van der Waals surface area contributed by atoms with Gasteiger partial charge in [0.05, 0.1) is 25.9 Å². The summed E-state index contributed by atoms with van der Waals surface area (Å²) in [4.78, 5) is 23.2. The van der Waals surface area contributed by atoms with E-state index < -0.39 is 5.97 Å². The Morgan fingerprint density at radius 2 is 1.21 bits per heavy atom. The maximum absolute atomic E-state index is 12.3. The first-order valence-electron chi connectivity index (χ1n) is 12.0. The van der Waals surface area contributed by atoms with Crippen LogP contribution in [0.3, 0.4) is 0 Å². The number of carbonyl (C=O) groups excluding carboxylic acids is 2. The summed E-state index contributed by atoms with van der Waals surface area (Å²) >= 11 is 0. The van der Waals surface area contributed by atoms with Crippen LogP contribution in [0.2, 0.25) is 0 Å². The average Bonchev–Trinajstić information content (AvgIpc) is 2.87. The molecule has 6 heteroatoms. The van der Waals surface area contributed by atoms with Crippen LogP contribution >= 0.6 is 0 Å². The lowest BCUT2D eigenvalue weighted by atomic mass is 10.1. The zero-order valence-corrected chi connectivity index (χ0v) is 20.1. The van der Waals surface area contributed by atoms with Crippen molar-refractivity contribution in [1.82, 2.24) is 0 Å². The van der Waals surface area contributed by atoms with E-state index in [4.69, 9.17) is 18.9 Å². The van der Waals surface area contributed by atoms with Crippen LogP contribution in [0.1, 0.15) is 68.1 Å². The van der Waals surface area contributed by atoms with Crippen LogP contribution in [0.25, 0.3) is 0 Å². The van der Waals surface area contributed by atoms with Gasteiger partial charge in [-0.3, -0.25) is 0 Å². The van der Waals surface area contributed by atoms with Crippen LogP contribution in [-0.2, 0) is 9.53 Å². The normalized spacial score (nSPS) is 10.4. The molecule has 34 heavy (non-hydrogen) atoms. The Hall–Kier alpha value is -3.28. The van der Waals surface area contributed by atoms with Crippen molar-refractivity contribution in [2.75, 3.05) is 20.3 Å². The molecule has 2 rings (SSSR count). The third-order valence-electron chi connectivity index (χ3n) is 5.33. The number of carbonyl (C=O) groups is 2. The number of esters is 2. The van der Waals surface area contributed by atoms with Gasteiger partial charge in [0.25, 0.3) is 0 Å². The molecule has 0 spiro atoms. The first-order chi connectivity index (χ1) is 16.6. The van der Waals surface area contributed by atoms with E-state index in [1.165, 1.54) is 38.2 Å². The van der Waals surface area contributed by atoms with E-state index in [-0.39, 0.29) is 5.97 Å². The van der Waals surface area contributed by atoms with Crippen molar-refractivity contribution < 1.29 is 28.5 Å². The Morgan fingerprint density at radius 3 is 1.76 bits per heavy atom. The van der Waals surface area contributed by atoms with Gasteiger partial charge in [-0.1, -0.05) is 51.5 Å². The van der Waals surface area contributed by atoms with E-state index in [2.05, 4.69) is 6.58 Å². The van der Waals surface area contributed by atoms with Crippen molar-refractivity contribution in [3.05, 3.63) is 66.7 Å². The van der Waals surface area contributed by atoms with Crippen LogP contribution in [-0.4, -0.2) is 32.3 Å². The minimum Gasteiger partial charge on any atom is -0.497 e. The molecule has 2 aromatic carbocycles. The molecule has 0 atom stereocenters. The molecule has 0 radical (unpaired) electrons. The number of hydrogen-bond donors (Lipinski definition) is 0. The fourth-order valence-electron chi connectivity index (χ4n) is 3.36. The SMILES string of the molecule is C=CC(=O)OCCCCCCCCCCCOc1ccc(C(=O)Oc2ccc(OC)cc2)cc1. The van der Waals surface area contributed by atoms with Gasteiger partial charge in [0, 0.05) is 6.08 Å². The van der Waals surface area contributed by atoms with Gasteiger partial charge in [0.1, 0.15) is 17.2 Å². The second kappa shape index (κ2) is 16.4. The maximum Gasteiger partial charge on any atom is 0.343 e. The summed E-state index contributed by atoms with van der Waals surface area (Å²) in [5, 5.41) is 0. The van der Waals surface area contributed by atoms with E-state index in [1.54, 1.807) is 55.6 Å². The summed E-state index contributed by atoms with van der Waals surface area (Å²) in [5.74, 6) is 1.18. The van der Waals surface area contributed by atoms with Crippen molar-refractivity contribution in [3.8, 4) is 17.2 Å². The molecular weight excluding hydrogens is 432 g/mol. The molecule has 2 aromatic rings. The number of rotatable bonds is 17. The number of unbranched alkanes of at least 4 members (excludes halogenated alkanes) is 8. The van der Waals surface area contributed by atoms with Gasteiger partial charge in [0.2, 0.25) is 0 Å². The van der Waals surface area contributed by atoms with Crippen LogP contribution in [0.5, 0.6) is 17.2 Å². The third kappa shape index (κ3) is 11.0. The highest BCUT2D eigenvalue weighted by molar-refractivity contribution is 5.91. The van der Waals surface area contributed by atoms with Crippen LogP contribution in [0.4, 0.5) is 0 Å². The lowest BCUT2D eigenvalue weighted by Gasteiger charge is -2.08. The first-order valence-corrected chi connectivity index (χ1v) is 12.0. The fraction of sp³-hybridized carbons (Fsp3) is 0.429. The van der Waals surface area contributed by atoms with Gasteiger partial charge in [-0.05, 0) is 61.4 Å². The summed E-state index contributed by atoms with van der Waals surface area (Å²) in [6.07, 6.45) is 11.4. The molecule has 0 saturated heterocycles. The molecule has 0 aliphatic carbocycles. The van der Waals surface area contributed by atoms with Gasteiger partial charge in [-0.2, -0.15) is 0 Å². The van der Waals surface area contributed by atoms with Gasteiger partial charge < -0.3 is 18.9 Å². The summed E-state index contributed by atoms with van der Waals surface area (Å²) in [6, 6.07) is 13.9. The molecule has 0 saturated carbocycles. The first kappa shape index (κ1) is 27.0. The van der Waals surface area contributed by atoms with Crippen molar-refractivity contribution in [1.29, 1.82) is 0 Å². The van der Waals surface area contributed by atoms with E-state index in [9.17, 15) is 9.59 Å². The summed E-state index contributed by atoms with van der Waals surface area (Å²) in [7, 11) is 1.59. The van der Waals surface area contributed by atoms with Gasteiger partial charge in [-0.25, -0.2) is 9.59 Å². The topological polar surface area (TPSA) is 71.1 Å². The fourth-order valence-corrected chi connectivity index (χ4v) is 3.36. The molecule has 0 N–H and O–H groups in total. The molecule has 6 nitrogen and oxygen atoms in total. The van der Waals surface area contributed by atoms with Gasteiger partial charge in [0.15, 0.2) is 0 Å². The number of benzene rings is 2. The molecule has 0 aliphatic heterocycles. The monoisotopic (exact) mass is 468 g/mol. The van der Waals surface area contributed by atoms with Crippen molar-refractivity contribution in [3.63, 3.8) is 0 Å². The van der Waals surface area contributed by atoms with E-state index in [0.29, 0.717) is 30.3 Å². The molecule has 0 aromatic heterocycles. The molecule has 0 amide bonds. The van der Waals surface area contributed by atoms with E-state index in [0.717, 1.165) is 31.4 Å². The Bertz CT molecular complexity index is 857. The Morgan fingerprint density at radius 1 is 0.706 bits per heavy atom. The zero-order valence-electron chi connectivity index (χ0n) is 20.1. The van der Waals surface area contributed by atoms with E-state index >= 15 is 0 Å². The zero-order chi connectivity index (χ0) is 24.4. The van der Waals surface area contributed by atoms with Crippen molar-refractivity contribution in [2.45, 2.75) is 57.8 Å². The number of ether oxygens (including phenoxy) is 4. The number of methoxy groups -OCH3 is 1. The van der Waals surface area contributed by atoms with Crippen LogP contribution in [0, 0.1) is 0 Å². The Kier molecular flexibility index (Phi) is 13.0. The van der Waals surface area contributed by atoms with E-state index in [1.807, 2.05) is 0 Å². The Balaban J connectivity index is 1.49. The third-order valence-corrected chi connectivity index (χ3v) is 5.33. The largest absolute Gasteiger partial charge is 0.497 e. The highest BCUT2D eigenvalue weighted by atomic mass is 16.5. The highest BCUT2D eigenvalue weighted by Gasteiger charge is 2.09. The quantitative estimate of drug-likeness (QED) is 0.114. The summed E-state index contributed by atoms with van der Waals surface area (Å²) in [5.41, 5.74) is 0.473. The molecule has 0 aliphatic rings. The highest BCUT2D eigenvalue weighted by Crippen LogP contribution is 2.19. The second-order valence-electron chi connectivity index (χ2n) is 7.99. The molecular formula is C28H36O6. The Labute approximate surface area is 202 Å². The van der Waals surface area contributed by atoms with Crippen molar-refractivity contribution >= 4 is 11.9 Å². The van der Waals surface area contributed by atoms with Crippen LogP contribution < -0.4 is 14.2 Å². The number of hydrogen-bond acceptors (Lipinski definition) is 6. The molecule has 0 unspecified atom stereocenters. The minimum atomic E-state index is -0.409. The predicted molar refractivity (Wildman–Crippen MR) is 133 cm³/mol. The lowest BCUT2D eigenvalue weighted by molar-refractivity contribution is -0.137. The smallest absolute Gasteiger partial charge is 0.343 e. The molecule has 184 valence electrons. The molecule has 0 bridgehead atoms. The van der Waals surface area contributed by atoms with Gasteiger partial charge >= 0.3 is 11.9 Å². The summed E-state index contributed by atoms with van der Waals surface area (Å²) in [6.45, 7) is 4.53. The predicted octanol–water partition coefficient (Wildman–Crippen LogP) is 6.53.